The number of fused-ring (bicyclic) bond motifs is 2. The Kier molecular flexibility index (Phi) is 4.28. The molecule has 2 aliphatic rings. The Morgan fingerprint density at radius 3 is 2.92 bits per heavy atom. The van der Waals surface area contributed by atoms with Gasteiger partial charge in [-0.15, -0.1) is 4.37 Å². The number of carbonyl (C=O) groups excluding carboxylic acids is 1. The molecule has 0 aliphatic carbocycles. The predicted octanol–water partition coefficient (Wildman–Crippen LogP) is 2.63. The lowest BCUT2D eigenvalue weighted by Gasteiger charge is -2.30. The molecular formula is C17H18FN3O2S. The molecule has 126 valence electrons. The molecule has 3 atom stereocenters. The maximum absolute atomic E-state index is 12.9. The summed E-state index contributed by atoms with van der Waals surface area (Å²) in [6, 6.07) is 6.56. The van der Waals surface area contributed by atoms with Crippen molar-refractivity contribution in [1.82, 2.24) is 13.6 Å². The summed E-state index contributed by atoms with van der Waals surface area (Å²) in [5, 5.41) is 0. The van der Waals surface area contributed by atoms with Crippen molar-refractivity contribution in [1.29, 1.82) is 0 Å². The van der Waals surface area contributed by atoms with Gasteiger partial charge in [-0.25, -0.2) is 4.39 Å². The van der Waals surface area contributed by atoms with Gasteiger partial charge in [0, 0.05) is 18.9 Å². The highest BCUT2D eigenvalue weighted by Gasteiger charge is 2.41. The van der Waals surface area contributed by atoms with Crippen LogP contribution in [0.5, 0.6) is 5.88 Å². The Balaban J connectivity index is 1.40. The molecular weight excluding hydrogens is 329 g/mol. The third-order valence-corrected chi connectivity index (χ3v) is 5.36. The molecule has 2 saturated heterocycles. The van der Waals surface area contributed by atoms with E-state index in [9.17, 15) is 9.18 Å². The quantitative estimate of drug-likeness (QED) is 0.832. The molecule has 2 bridgehead atoms. The number of hydrogen-bond donors (Lipinski definition) is 0. The van der Waals surface area contributed by atoms with Crippen molar-refractivity contribution in [2.45, 2.75) is 25.3 Å². The van der Waals surface area contributed by atoms with E-state index in [1.807, 2.05) is 0 Å². The van der Waals surface area contributed by atoms with E-state index in [-0.39, 0.29) is 17.8 Å². The summed E-state index contributed by atoms with van der Waals surface area (Å²) < 4.78 is 27.4. The second-order valence-corrected chi connectivity index (χ2v) is 6.89. The first-order valence-electron chi connectivity index (χ1n) is 8.17. The van der Waals surface area contributed by atoms with Crippen molar-refractivity contribution in [3.8, 4) is 5.88 Å². The summed E-state index contributed by atoms with van der Waals surface area (Å²) in [6.07, 6.45) is 2.54. The second-order valence-electron chi connectivity index (χ2n) is 6.37. The molecule has 3 heterocycles. The van der Waals surface area contributed by atoms with Crippen LogP contribution in [0, 0.1) is 11.7 Å². The minimum Gasteiger partial charge on any atom is -0.475 e. The van der Waals surface area contributed by atoms with Crippen molar-refractivity contribution >= 4 is 17.5 Å². The van der Waals surface area contributed by atoms with Crippen LogP contribution < -0.4 is 4.74 Å². The van der Waals surface area contributed by atoms with Gasteiger partial charge >= 0.3 is 0 Å². The fourth-order valence-corrected chi connectivity index (χ4v) is 4.08. The fraction of sp³-hybridized carbons (Fsp3) is 0.471. The first-order chi connectivity index (χ1) is 11.7. The van der Waals surface area contributed by atoms with Gasteiger partial charge in [-0.05, 0) is 30.5 Å². The average Bonchev–Trinajstić information content (AvgIpc) is 3.15. The normalized spacial score (nSPS) is 25.9. The Morgan fingerprint density at radius 2 is 2.08 bits per heavy atom. The van der Waals surface area contributed by atoms with Crippen LogP contribution in [0.15, 0.2) is 24.3 Å². The monoisotopic (exact) mass is 347 g/mol. The summed E-state index contributed by atoms with van der Waals surface area (Å²) in [5.74, 6) is 0.890. The Bertz CT molecular complexity index is 734. The van der Waals surface area contributed by atoms with Gasteiger partial charge in [0.1, 0.15) is 11.5 Å². The number of ether oxygens (including phenoxy) is 1. The standard InChI is InChI=1S/C17H18FN3O2S/c18-13-4-1-11(2-5-13)7-8-23-17-16(19-24-20-17)14-6-3-12-9-21(14)10-15(12)22/h1-2,4-5,12,14H,3,6-10H2. The largest absolute Gasteiger partial charge is 0.475 e. The molecule has 3 unspecified atom stereocenters. The van der Waals surface area contributed by atoms with Crippen molar-refractivity contribution in [2.24, 2.45) is 5.92 Å². The average molecular weight is 347 g/mol. The molecule has 4 rings (SSSR count). The zero-order valence-corrected chi connectivity index (χ0v) is 14.0. The smallest absolute Gasteiger partial charge is 0.250 e. The number of piperidine rings is 1. The van der Waals surface area contributed by atoms with E-state index in [2.05, 4.69) is 13.6 Å². The maximum Gasteiger partial charge on any atom is 0.250 e. The minimum absolute atomic E-state index is 0.132. The summed E-state index contributed by atoms with van der Waals surface area (Å²) >= 11 is 1.15. The van der Waals surface area contributed by atoms with Crippen LogP contribution in [0.4, 0.5) is 4.39 Å². The van der Waals surface area contributed by atoms with Gasteiger partial charge in [-0.2, -0.15) is 4.37 Å². The van der Waals surface area contributed by atoms with Gasteiger partial charge < -0.3 is 4.74 Å². The Morgan fingerprint density at radius 1 is 1.25 bits per heavy atom. The van der Waals surface area contributed by atoms with E-state index >= 15 is 0 Å². The fourth-order valence-electron chi connectivity index (χ4n) is 3.53. The van der Waals surface area contributed by atoms with E-state index < -0.39 is 0 Å². The lowest BCUT2D eigenvalue weighted by molar-refractivity contribution is -0.119. The number of ketones is 1. The molecule has 5 nitrogen and oxygen atoms in total. The lowest BCUT2D eigenvalue weighted by atomic mass is 9.94. The van der Waals surface area contributed by atoms with Gasteiger partial charge in [0.25, 0.3) is 5.88 Å². The maximum atomic E-state index is 12.9. The molecule has 24 heavy (non-hydrogen) atoms. The number of benzene rings is 1. The van der Waals surface area contributed by atoms with Gasteiger partial charge in [-0.3, -0.25) is 9.69 Å². The van der Waals surface area contributed by atoms with Gasteiger partial charge in [0.05, 0.1) is 30.9 Å². The number of nitrogens with zero attached hydrogens (tertiary/aromatic N) is 3. The topological polar surface area (TPSA) is 55.3 Å². The van der Waals surface area contributed by atoms with Crippen LogP contribution >= 0.6 is 11.7 Å². The highest BCUT2D eigenvalue weighted by Crippen LogP contribution is 2.40. The molecule has 0 radical (unpaired) electrons. The van der Waals surface area contributed by atoms with Crippen molar-refractivity contribution in [3.63, 3.8) is 0 Å². The Hall–Kier alpha value is -1.86. The molecule has 1 aromatic heterocycles. The van der Waals surface area contributed by atoms with Gasteiger partial charge in [0.15, 0.2) is 5.78 Å². The van der Waals surface area contributed by atoms with Crippen LogP contribution in [0.3, 0.4) is 0 Å². The number of rotatable bonds is 5. The SMILES string of the molecule is O=C1CN2CC1CCC2c1nsnc1OCCc1ccc(F)cc1. The highest BCUT2D eigenvalue weighted by atomic mass is 32.1. The van der Waals surface area contributed by atoms with Crippen LogP contribution in [0.1, 0.15) is 30.1 Å². The van der Waals surface area contributed by atoms with E-state index in [0.717, 1.165) is 42.4 Å². The van der Waals surface area contributed by atoms with Crippen LogP contribution in [0.2, 0.25) is 0 Å². The number of aromatic nitrogens is 2. The third-order valence-electron chi connectivity index (χ3n) is 4.84. The second kappa shape index (κ2) is 6.57. The first-order valence-corrected chi connectivity index (χ1v) is 8.90. The Labute approximate surface area is 143 Å². The van der Waals surface area contributed by atoms with Gasteiger partial charge in [0.2, 0.25) is 0 Å². The molecule has 2 aromatic rings. The molecule has 1 aromatic carbocycles. The number of Topliss-reactive ketones (excluding diaryl/α,β-unsaturated/α-hetero) is 1. The van der Waals surface area contributed by atoms with E-state index in [0.29, 0.717) is 31.2 Å². The summed E-state index contributed by atoms with van der Waals surface area (Å²) in [6.45, 7) is 1.82. The molecule has 7 heteroatoms. The molecule has 0 spiro atoms. The van der Waals surface area contributed by atoms with Crippen LogP contribution in [-0.2, 0) is 11.2 Å². The highest BCUT2D eigenvalue weighted by molar-refractivity contribution is 6.99. The molecule has 2 aliphatic heterocycles. The van der Waals surface area contributed by atoms with E-state index in [4.69, 9.17) is 4.74 Å². The predicted molar refractivity (Wildman–Crippen MR) is 87.6 cm³/mol. The summed E-state index contributed by atoms with van der Waals surface area (Å²) in [4.78, 5) is 14.1. The number of hydrogen-bond acceptors (Lipinski definition) is 6. The summed E-state index contributed by atoms with van der Waals surface area (Å²) in [7, 11) is 0. The summed E-state index contributed by atoms with van der Waals surface area (Å²) in [5.41, 5.74) is 1.87. The van der Waals surface area contributed by atoms with E-state index in [1.54, 1.807) is 12.1 Å². The zero-order chi connectivity index (χ0) is 16.5. The first kappa shape index (κ1) is 15.7. The van der Waals surface area contributed by atoms with Crippen LogP contribution in [0.25, 0.3) is 0 Å². The zero-order valence-electron chi connectivity index (χ0n) is 13.2. The molecule has 0 saturated carbocycles. The molecule has 0 N–H and O–H groups in total. The van der Waals surface area contributed by atoms with Crippen molar-refractivity contribution < 1.29 is 13.9 Å². The molecule has 0 amide bonds. The molecule has 2 fully saturated rings. The van der Waals surface area contributed by atoms with Crippen molar-refractivity contribution in [3.05, 3.63) is 41.3 Å². The van der Waals surface area contributed by atoms with Crippen LogP contribution in [-0.4, -0.2) is 39.1 Å². The third kappa shape index (κ3) is 3.06. The minimum atomic E-state index is -0.235. The lowest BCUT2D eigenvalue weighted by Crippen LogP contribution is -2.31. The number of halogens is 1. The van der Waals surface area contributed by atoms with Gasteiger partial charge in [-0.1, -0.05) is 12.1 Å². The number of carbonyl (C=O) groups is 1. The van der Waals surface area contributed by atoms with E-state index in [1.165, 1.54) is 12.1 Å². The van der Waals surface area contributed by atoms with Crippen molar-refractivity contribution in [2.75, 3.05) is 19.7 Å².